The minimum Gasteiger partial charge on any atom is -0.463 e. The minimum absolute atomic E-state index is 0.209. The van der Waals surface area contributed by atoms with E-state index in [1.807, 2.05) is 0 Å². The summed E-state index contributed by atoms with van der Waals surface area (Å²) in [6, 6.07) is 7.08. The second-order valence-electron chi connectivity index (χ2n) is 3.71. The molecule has 0 aliphatic rings. The third kappa shape index (κ3) is 3.05. The Labute approximate surface area is 119 Å². The van der Waals surface area contributed by atoms with Crippen LogP contribution in [0.1, 0.15) is 16.1 Å². The standard InChI is InChI=1S/C13H12ClNO3S/c1-17-13(16)11-8(5-6-18-11)7-19-12-9(14)3-2-4-10(12)15/h2-6H,7,15H2,1H3. The van der Waals surface area contributed by atoms with Gasteiger partial charge in [0.15, 0.2) is 0 Å². The van der Waals surface area contributed by atoms with E-state index in [9.17, 15) is 4.79 Å². The van der Waals surface area contributed by atoms with E-state index < -0.39 is 5.97 Å². The van der Waals surface area contributed by atoms with Gasteiger partial charge >= 0.3 is 5.97 Å². The zero-order chi connectivity index (χ0) is 13.8. The monoisotopic (exact) mass is 297 g/mol. The molecule has 100 valence electrons. The van der Waals surface area contributed by atoms with E-state index in [1.54, 1.807) is 24.3 Å². The number of carbonyl (C=O) groups excluding carboxylic acids is 1. The van der Waals surface area contributed by atoms with E-state index in [1.165, 1.54) is 25.1 Å². The summed E-state index contributed by atoms with van der Waals surface area (Å²) in [5.41, 5.74) is 7.22. The van der Waals surface area contributed by atoms with Gasteiger partial charge in [0.1, 0.15) is 0 Å². The normalized spacial score (nSPS) is 10.4. The summed E-state index contributed by atoms with van der Waals surface area (Å²) >= 11 is 7.53. The highest BCUT2D eigenvalue weighted by atomic mass is 35.5. The van der Waals surface area contributed by atoms with E-state index in [4.69, 9.17) is 21.8 Å². The Bertz CT molecular complexity index is 577. The second-order valence-corrected chi connectivity index (χ2v) is 5.11. The molecule has 1 heterocycles. The van der Waals surface area contributed by atoms with Gasteiger partial charge in [0, 0.05) is 21.9 Å². The maximum absolute atomic E-state index is 11.5. The van der Waals surface area contributed by atoms with Gasteiger partial charge in [-0.3, -0.25) is 0 Å². The molecule has 0 aliphatic heterocycles. The number of hydrogen-bond acceptors (Lipinski definition) is 5. The Balaban J connectivity index is 2.15. The van der Waals surface area contributed by atoms with E-state index in [2.05, 4.69) is 4.74 Å². The van der Waals surface area contributed by atoms with Gasteiger partial charge in [0.2, 0.25) is 5.76 Å². The van der Waals surface area contributed by atoms with E-state index in [0.29, 0.717) is 16.5 Å². The molecular weight excluding hydrogens is 286 g/mol. The maximum Gasteiger partial charge on any atom is 0.374 e. The van der Waals surface area contributed by atoms with Crippen molar-refractivity contribution in [2.75, 3.05) is 12.8 Å². The molecule has 4 nitrogen and oxygen atoms in total. The molecule has 2 rings (SSSR count). The lowest BCUT2D eigenvalue weighted by Gasteiger charge is -2.07. The van der Waals surface area contributed by atoms with Crippen molar-refractivity contribution in [3.63, 3.8) is 0 Å². The number of halogens is 1. The van der Waals surface area contributed by atoms with Crippen molar-refractivity contribution in [3.8, 4) is 0 Å². The van der Waals surface area contributed by atoms with Crippen molar-refractivity contribution in [1.82, 2.24) is 0 Å². The molecule has 0 aliphatic carbocycles. The molecule has 0 amide bonds. The van der Waals surface area contributed by atoms with Crippen LogP contribution in [0.5, 0.6) is 0 Å². The Morgan fingerprint density at radius 3 is 2.95 bits per heavy atom. The number of esters is 1. The first-order valence-corrected chi connectivity index (χ1v) is 6.81. The topological polar surface area (TPSA) is 65.5 Å². The van der Waals surface area contributed by atoms with Gasteiger partial charge in [0.25, 0.3) is 0 Å². The van der Waals surface area contributed by atoms with Crippen LogP contribution in [-0.2, 0) is 10.5 Å². The first kappa shape index (κ1) is 13.8. The fourth-order valence-corrected chi connectivity index (χ4v) is 2.86. The van der Waals surface area contributed by atoms with Crippen molar-refractivity contribution in [3.05, 3.63) is 46.9 Å². The highest BCUT2D eigenvalue weighted by Gasteiger charge is 2.16. The van der Waals surface area contributed by atoms with Gasteiger partial charge in [-0.2, -0.15) is 0 Å². The van der Waals surface area contributed by atoms with Crippen LogP contribution in [0.15, 0.2) is 39.8 Å². The lowest BCUT2D eigenvalue weighted by atomic mass is 10.3. The lowest BCUT2D eigenvalue weighted by molar-refractivity contribution is 0.0564. The van der Waals surface area contributed by atoms with Crippen molar-refractivity contribution in [1.29, 1.82) is 0 Å². The van der Waals surface area contributed by atoms with Gasteiger partial charge in [-0.15, -0.1) is 11.8 Å². The van der Waals surface area contributed by atoms with Crippen LogP contribution in [-0.4, -0.2) is 13.1 Å². The fourth-order valence-electron chi connectivity index (χ4n) is 1.55. The quantitative estimate of drug-likeness (QED) is 0.531. The van der Waals surface area contributed by atoms with Gasteiger partial charge in [-0.05, 0) is 18.2 Å². The summed E-state index contributed by atoms with van der Waals surface area (Å²) in [6.45, 7) is 0. The molecule has 2 N–H and O–H groups in total. The lowest BCUT2D eigenvalue weighted by Crippen LogP contribution is -2.02. The number of furan rings is 1. The predicted molar refractivity (Wildman–Crippen MR) is 75.5 cm³/mol. The highest BCUT2D eigenvalue weighted by Crippen LogP contribution is 2.35. The molecule has 0 unspecified atom stereocenters. The van der Waals surface area contributed by atoms with Gasteiger partial charge in [0.05, 0.1) is 18.4 Å². The average molecular weight is 298 g/mol. The van der Waals surface area contributed by atoms with Crippen molar-refractivity contribution < 1.29 is 13.9 Å². The van der Waals surface area contributed by atoms with Crippen LogP contribution in [0.25, 0.3) is 0 Å². The summed E-state index contributed by atoms with van der Waals surface area (Å²) in [7, 11) is 1.31. The van der Waals surface area contributed by atoms with Crippen LogP contribution < -0.4 is 5.73 Å². The van der Waals surface area contributed by atoms with Crippen LogP contribution in [0.2, 0.25) is 5.02 Å². The predicted octanol–water partition coefficient (Wildman–Crippen LogP) is 3.59. The maximum atomic E-state index is 11.5. The van der Waals surface area contributed by atoms with E-state index in [0.717, 1.165) is 10.5 Å². The summed E-state index contributed by atoms with van der Waals surface area (Å²) < 4.78 is 9.76. The molecule has 19 heavy (non-hydrogen) atoms. The zero-order valence-corrected chi connectivity index (χ0v) is 11.8. The van der Waals surface area contributed by atoms with Crippen molar-refractivity contribution in [2.45, 2.75) is 10.6 Å². The minimum atomic E-state index is -0.493. The Kier molecular flexibility index (Phi) is 4.39. The molecule has 1 aromatic heterocycles. The zero-order valence-electron chi connectivity index (χ0n) is 10.2. The summed E-state index contributed by atoms with van der Waals surface area (Å²) in [5, 5.41) is 0.591. The third-order valence-electron chi connectivity index (χ3n) is 2.49. The van der Waals surface area contributed by atoms with Gasteiger partial charge in [-0.1, -0.05) is 17.7 Å². The number of rotatable bonds is 4. The number of carbonyl (C=O) groups is 1. The Morgan fingerprint density at radius 2 is 2.26 bits per heavy atom. The van der Waals surface area contributed by atoms with Crippen molar-refractivity contribution >= 4 is 35.0 Å². The highest BCUT2D eigenvalue weighted by molar-refractivity contribution is 7.98. The van der Waals surface area contributed by atoms with Crippen LogP contribution >= 0.6 is 23.4 Å². The molecule has 6 heteroatoms. The van der Waals surface area contributed by atoms with Crippen LogP contribution in [0, 0.1) is 0 Å². The number of benzene rings is 1. The first-order chi connectivity index (χ1) is 9.13. The smallest absolute Gasteiger partial charge is 0.374 e. The first-order valence-electron chi connectivity index (χ1n) is 5.45. The molecule has 0 spiro atoms. The molecule has 2 aromatic rings. The van der Waals surface area contributed by atoms with Crippen molar-refractivity contribution in [2.24, 2.45) is 0 Å². The number of methoxy groups -OCH3 is 1. The van der Waals surface area contributed by atoms with Gasteiger partial charge < -0.3 is 14.9 Å². The molecule has 0 saturated heterocycles. The van der Waals surface area contributed by atoms with E-state index in [-0.39, 0.29) is 5.76 Å². The Hall–Kier alpha value is -1.59. The second kappa shape index (κ2) is 6.04. The molecular formula is C13H12ClNO3S. The van der Waals surface area contributed by atoms with Gasteiger partial charge in [-0.25, -0.2) is 4.79 Å². The third-order valence-corrected chi connectivity index (χ3v) is 4.11. The average Bonchev–Trinajstić information content (AvgIpc) is 2.85. The fraction of sp³-hybridized carbons (Fsp3) is 0.154. The summed E-state index contributed by atoms with van der Waals surface area (Å²) in [4.78, 5) is 12.3. The number of hydrogen-bond donors (Lipinski definition) is 1. The molecule has 0 bridgehead atoms. The summed E-state index contributed by atoms with van der Waals surface area (Å²) in [5.74, 6) is 0.239. The SMILES string of the molecule is COC(=O)c1occc1CSc1c(N)cccc1Cl. The molecule has 1 aromatic carbocycles. The number of anilines is 1. The molecule has 0 atom stereocenters. The molecule has 0 radical (unpaired) electrons. The molecule has 0 saturated carbocycles. The van der Waals surface area contributed by atoms with Crippen LogP contribution in [0.4, 0.5) is 5.69 Å². The number of nitrogens with two attached hydrogens (primary N) is 1. The largest absolute Gasteiger partial charge is 0.463 e. The molecule has 0 fully saturated rings. The van der Waals surface area contributed by atoms with E-state index >= 15 is 0 Å². The summed E-state index contributed by atoms with van der Waals surface area (Å²) in [6.07, 6.45) is 1.46. The number of thioether (sulfide) groups is 1. The number of nitrogen functional groups attached to an aromatic ring is 1. The number of ether oxygens (including phenoxy) is 1. The Morgan fingerprint density at radius 1 is 1.47 bits per heavy atom. The van der Waals surface area contributed by atoms with Crippen LogP contribution in [0.3, 0.4) is 0 Å².